The van der Waals surface area contributed by atoms with Crippen LogP contribution in [0.1, 0.15) is 24.8 Å². The molecule has 0 saturated carbocycles. The molecule has 1 fully saturated rings. The van der Waals surface area contributed by atoms with Gasteiger partial charge in [-0.15, -0.1) is 24.0 Å². The van der Waals surface area contributed by atoms with Crippen LogP contribution in [0.15, 0.2) is 29.3 Å². The third-order valence-electron chi connectivity index (χ3n) is 4.13. The highest BCUT2D eigenvalue weighted by Gasteiger charge is 2.09. The molecule has 0 unspecified atom stereocenters. The SMILES string of the molecule is CN=C(NCCN1CCCCC1)NCc1cccc(OCC(F)F)c1.I. The molecule has 8 heteroatoms. The second-order valence-electron chi connectivity index (χ2n) is 6.10. The Morgan fingerprint density at radius 2 is 2.00 bits per heavy atom. The first-order chi connectivity index (χ1) is 12.2. The first kappa shape index (κ1) is 22.9. The summed E-state index contributed by atoms with van der Waals surface area (Å²) < 4.78 is 29.5. The molecule has 1 saturated heterocycles. The van der Waals surface area contributed by atoms with Crippen molar-refractivity contribution in [2.75, 3.05) is 39.8 Å². The number of aliphatic imine (C=N–C) groups is 1. The Balaban J connectivity index is 0.00000338. The lowest BCUT2D eigenvalue weighted by molar-refractivity contribution is 0.0818. The highest BCUT2D eigenvalue weighted by Crippen LogP contribution is 2.14. The number of benzene rings is 1. The van der Waals surface area contributed by atoms with Crippen LogP contribution >= 0.6 is 24.0 Å². The maximum atomic E-state index is 12.2. The van der Waals surface area contributed by atoms with Gasteiger partial charge >= 0.3 is 0 Å². The molecule has 2 rings (SSSR count). The number of hydrogen-bond donors (Lipinski definition) is 2. The lowest BCUT2D eigenvalue weighted by Gasteiger charge is -2.26. The molecule has 0 amide bonds. The van der Waals surface area contributed by atoms with E-state index in [1.807, 2.05) is 6.07 Å². The number of guanidine groups is 1. The maximum Gasteiger partial charge on any atom is 0.272 e. The van der Waals surface area contributed by atoms with Gasteiger partial charge in [0, 0.05) is 26.7 Å². The largest absolute Gasteiger partial charge is 0.488 e. The lowest BCUT2D eigenvalue weighted by Crippen LogP contribution is -2.42. The van der Waals surface area contributed by atoms with Crippen molar-refractivity contribution in [3.05, 3.63) is 29.8 Å². The summed E-state index contributed by atoms with van der Waals surface area (Å²) in [4.78, 5) is 6.68. The van der Waals surface area contributed by atoms with Crippen LogP contribution in [0.5, 0.6) is 5.75 Å². The predicted molar refractivity (Wildman–Crippen MR) is 112 cm³/mol. The maximum absolute atomic E-state index is 12.2. The van der Waals surface area contributed by atoms with E-state index < -0.39 is 13.0 Å². The third-order valence-corrected chi connectivity index (χ3v) is 4.13. The molecule has 0 spiro atoms. The van der Waals surface area contributed by atoms with Gasteiger partial charge in [-0.3, -0.25) is 4.99 Å². The van der Waals surface area contributed by atoms with E-state index in [1.54, 1.807) is 25.2 Å². The Bertz CT molecular complexity index is 540. The van der Waals surface area contributed by atoms with Gasteiger partial charge in [0.05, 0.1) is 0 Å². The van der Waals surface area contributed by atoms with E-state index in [0.29, 0.717) is 12.3 Å². The first-order valence-electron chi connectivity index (χ1n) is 8.84. The molecule has 1 aromatic carbocycles. The highest BCUT2D eigenvalue weighted by atomic mass is 127. The molecular weight excluding hydrogens is 453 g/mol. The normalized spacial score (nSPS) is 15.5. The van der Waals surface area contributed by atoms with Crippen LogP contribution in [0, 0.1) is 0 Å². The Kier molecular flexibility index (Phi) is 11.5. The van der Waals surface area contributed by atoms with Gasteiger partial charge in [-0.1, -0.05) is 18.6 Å². The minimum absolute atomic E-state index is 0. The number of alkyl halides is 2. The summed E-state index contributed by atoms with van der Waals surface area (Å²) >= 11 is 0. The average Bonchev–Trinajstić information content (AvgIpc) is 2.64. The Hall–Kier alpha value is -1.16. The minimum atomic E-state index is -2.47. The highest BCUT2D eigenvalue weighted by molar-refractivity contribution is 14.0. The van der Waals surface area contributed by atoms with Crippen LogP contribution in [0.25, 0.3) is 0 Å². The van der Waals surface area contributed by atoms with E-state index in [-0.39, 0.29) is 24.0 Å². The molecule has 1 aliphatic rings. The minimum Gasteiger partial charge on any atom is -0.488 e. The van der Waals surface area contributed by atoms with Gasteiger partial charge in [-0.2, -0.15) is 0 Å². The first-order valence-corrected chi connectivity index (χ1v) is 8.84. The van der Waals surface area contributed by atoms with E-state index in [4.69, 9.17) is 4.74 Å². The van der Waals surface area contributed by atoms with Crippen molar-refractivity contribution in [2.24, 2.45) is 4.99 Å². The van der Waals surface area contributed by atoms with Crippen molar-refractivity contribution < 1.29 is 13.5 Å². The molecule has 26 heavy (non-hydrogen) atoms. The Labute approximate surface area is 171 Å². The molecule has 1 aromatic rings. The summed E-state index contributed by atoms with van der Waals surface area (Å²) in [6, 6.07) is 7.15. The fourth-order valence-electron chi connectivity index (χ4n) is 2.83. The molecule has 0 bridgehead atoms. The number of halogens is 3. The van der Waals surface area contributed by atoms with Gasteiger partial charge in [0.1, 0.15) is 12.4 Å². The molecule has 148 valence electrons. The van der Waals surface area contributed by atoms with E-state index in [2.05, 4.69) is 20.5 Å². The second-order valence-corrected chi connectivity index (χ2v) is 6.10. The second kappa shape index (κ2) is 13.1. The van der Waals surface area contributed by atoms with Crippen LogP contribution in [0.2, 0.25) is 0 Å². The van der Waals surface area contributed by atoms with E-state index in [0.717, 1.165) is 24.6 Å². The van der Waals surface area contributed by atoms with E-state index in [1.165, 1.54) is 32.4 Å². The molecular formula is C18H29F2IN4O. The van der Waals surface area contributed by atoms with Crippen molar-refractivity contribution in [2.45, 2.75) is 32.2 Å². The van der Waals surface area contributed by atoms with Crippen LogP contribution < -0.4 is 15.4 Å². The molecule has 0 aromatic heterocycles. The van der Waals surface area contributed by atoms with Crippen molar-refractivity contribution in [1.29, 1.82) is 0 Å². The number of nitrogens with zero attached hydrogens (tertiary/aromatic N) is 2. The standard InChI is InChI=1S/C18H28F2N4O.HI/c1-21-18(22-8-11-24-9-3-2-4-10-24)23-13-15-6-5-7-16(12-15)25-14-17(19)20;/h5-7,12,17H,2-4,8-11,13-14H2,1H3,(H2,21,22,23);1H. The van der Waals surface area contributed by atoms with Crippen LogP contribution in [-0.2, 0) is 6.54 Å². The monoisotopic (exact) mass is 482 g/mol. The summed E-state index contributed by atoms with van der Waals surface area (Å²) in [6.45, 7) is 4.18. The van der Waals surface area contributed by atoms with Crippen LogP contribution in [0.4, 0.5) is 8.78 Å². The molecule has 5 nitrogen and oxygen atoms in total. The zero-order chi connectivity index (χ0) is 17.9. The van der Waals surface area contributed by atoms with Crippen molar-refractivity contribution in [3.8, 4) is 5.75 Å². The topological polar surface area (TPSA) is 48.9 Å². The van der Waals surface area contributed by atoms with Gasteiger partial charge < -0.3 is 20.3 Å². The van der Waals surface area contributed by atoms with Crippen molar-refractivity contribution >= 4 is 29.9 Å². The van der Waals surface area contributed by atoms with Gasteiger partial charge in [-0.25, -0.2) is 8.78 Å². The average molecular weight is 482 g/mol. The smallest absolute Gasteiger partial charge is 0.272 e. The Morgan fingerprint density at radius 3 is 2.69 bits per heavy atom. The Morgan fingerprint density at radius 1 is 1.23 bits per heavy atom. The number of ether oxygens (including phenoxy) is 1. The summed E-state index contributed by atoms with van der Waals surface area (Å²) in [6.07, 6.45) is 1.45. The van der Waals surface area contributed by atoms with Crippen LogP contribution in [-0.4, -0.2) is 57.1 Å². The molecule has 0 aliphatic carbocycles. The molecule has 0 atom stereocenters. The number of nitrogens with one attached hydrogen (secondary N) is 2. The number of hydrogen-bond acceptors (Lipinski definition) is 3. The fraction of sp³-hybridized carbons (Fsp3) is 0.611. The molecule has 1 heterocycles. The van der Waals surface area contributed by atoms with E-state index >= 15 is 0 Å². The summed E-state index contributed by atoms with van der Waals surface area (Å²) in [5.74, 6) is 1.18. The van der Waals surface area contributed by atoms with Gasteiger partial charge in [-0.05, 0) is 43.6 Å². The summed E-state index contributed by atoms with van der Waals surface area (Å²) in [5, 5.41) is 6.54. The van der Waals surface area contributed by atoms with Crippen LogP contribution in [0.3, 0.4) is 0 Å². The quantitative estimate of drug-likeness (QED) is 0.340. The molecule has 0 radical (unpaired) electrons. The number of piperidine rings is 1. The van der Waals surface area contributed by atoms with Gasteiger partial charge in [0.25, 0.3) is 6.43 Å². The lowest BCUT2D eigenvalue weighted by atomic mass is 10.1. The fourth-order valence-corrected chi connectivity index (χ4v) is 2.83. The number of likely N-dealkylation sites (tertiary alicyclic amines) is 1. The summed E-state index contributed by atoms with van der Waals surface area (Å²) in [7, 11) is 1.73. The molecule has 2 N–H and O–H groups in total. The van der Waals surface area contributed by atoms with Gasteiger partial charge in [0.15, 0.2) is 5.96 Å². The predicted octanol–water partition coefficient (Wildman–Crippen LogP) is 3.10. The number of rotatable bonds is 8. The van der Waals surface area contributed by atoms with Crippen molar-refractivity contribution in [1.82, 2.24) is 15.5 Å². The zero-order valence-electron chi connectivity index (χ0n) is 15.2. The molecule has 1 aliphatic heterocycles. The summed E-state index contributed by atoms with van der Waals surface area (Å²) in [5.41, 5.74) is 0.950. The van der Waals surface area contributed by atoms with Gasteiger partial charge in [0.2, 0.25) is 0 Å². The zero-order valence-corrected chi connectivity index (χ0v) is 17.5. The third kappa shape index (κ3) is 8.98. The van der Waals surface area contributed by atoms with E-state index in [9.17, 15) is 8.78 Å². The van der Waals surface area contributed by atoms with Crippen molar-refractivity contribution in [3.63, 3.8) is 0 Å².